The number of amides is 2. The molecule has 0 aliphatic carbocycles. The SMILES string of the molecule is COCC(=O)Nc1ccc(-c2cnn3ccc(C(=O)N(C)c4ccc(Cl)nc4)cc23)cc1. The molecule has 1 N–H and O–H groups in total. The predicted molar refractivity (Wildman–Crippen MR) is 123 cm³/mol. The van der Waals surface area contributed by atoms with E-state index in [0.717, 1.165) is 16.6 Å². The number of aromatic nitrogens is 3. The molecule has 0 unspecified atom stereocenters. The number of fused-ring (bicyclic) bond motifs is 1. The fourth-order valence-electron chi connectivity index (χ4n) is 3.27. The van der Waals surface area contributed by atoms with Gasteiger partial charge in [-0.2, -0.15) is 5.10 Å². The summed E-state index contributed by atoms with van der Waals surface area (Å²) in [6.45, 7) is -0.00681. The van der Waals surface area contributed by atoms with Gasteiger partial charge in [-0.15, -0.1) is 0 Å². The van der Waals surface area contributed by atoms with Gasteiger partial charge in [0.25, 0.3) is 5.91 Å². The minimum atomic E-state index is -0.223. The van der Waals surface area contributed by atoms with Gasteiger partial charge in [-0.3, -0.25) is 9.59 Å². The standard InChI is InChI=1S/C23H20ClN5O3/c1-28(18-7-8-21(24)25-12-18)23(31)16-9-10-29-20(11-16)19(13-26-29)15-3-5-17(6-4-15)27-22(30)14-32-2/h3-13H,14H2,1-2H3,(H,27,30). The van der Waals surface area contributed by atoms with Crippen LogP contribution in [0.5, 0.6) is 0 Å². The van der Waals surface area contributed by atoms with E-state index in [1.165, 1.54) is 12.0 Å². The Morgan fingerprint density at radius 1 is 1.12 bits per heavy atom. The van der Waals surface area contributed by atoms with Crippen molar-refractivity contribution in [2.24, 2.45) is 0 Å². The highest BCUT2D eigenvalue weighted by molar-refractivity contribution is 6.29. The van der Waals surface area contributed by atoms with Crippen LogP contribution in [-0.2, 0) is 9.53 Å². The van der Waals surface area contributed by atoms with Crippen molar-refractivity contribution in [3.8, 4) is 11.1 Å². The molecule has 3 heterocycles. The Bertz CT molecular complexity index is 1270. The molecule has 8 nitrogen and oxygen atoms in total. The van der Waals surface area contributed by atoms with E-state index >= 15 is 0 Å². The predicted octanol–water partition coefficient (Wildman–Crippen LogP) is 3.91. The topological polar surface area (TPSA) is 88.8 Å². The van der Waals surface area contributed by atoms with Gasteiger partial charge in [0.15, 0.2) is 0 Å². The highest BCUT2D eigenvalue weighted by Gasteiger charge is 2.16. The summed E-state index contributed by atoms with van der Waals surface area (Å²) in [6, 6.07) is 14.3. The van der Waals surface area contributed by atoms with Gasteiger partial charge in [0.2, 0.25) is 5.91 Å². The number of carbonyl (C=O) groups is 2. The Morgan fingerprint density at radius 2 is 1.91 bits per heavy atom. The number of hydrogen-bond acceptors (Lipinski definition) is 5. The molecule has 0 saturated heterocycles. The number of ether oxygens (including phenoxy) is 1. The molecule has 3 aromatic heterocycles. The van der Waals surface area contributed by atoms with Crippen LogP contribution in [0, 0.1) is 0 Å². The van der Waals surface area contributed by atoms with Crippen molar-refractivity contribution in [3.63, 3.8) is 0 Å². The van der Waals surface area contributed by atoms with Crippen LogP contribution in [0.4, 0.5) is 11.4 Å². The lowest BCUT2D eigenvalue weighted by Gasteiger charge is -2.17. The Labute approximate surface area is 189 Å². The Morgan fingerprint density at radius 3 is 2.59 bits per heavy atom. The van der Waals surface area contributed by atoms with Crippen molar-refractivity contribution in [1.82, 2.24) is 14.6 Å². The molecule has 0 aliphatic heterocycles. The average Bonchev–Trinajstić information content (AvgIpc) is 3.22. The molecule has 0 saturated carbocycles. The third-order valence-electron chi connectivity index (χ3n) is 4.93. The zero-order chi connectivity index (χ0) is 22.7. The van der Waals surface area contributed by atoms with Crippen LogP contribution in [-0.4, -0.2) is 47.2 Å². The summed E-state index contributed by atoms with van der Waals surface area (Å²) in [7, 11) is 3.16. The van der Waals surface area contributed by atoms with Crippen LogP contribution in [0.15, 0.2) is 67.1 Å². The summed E-state index contributed by atoms with van der Waals surface area (Å²) in [6.07, 6.45) is 5.05. The number of pyridine rings is 2. The molecule has 2 amide bonds. The lowest BCUT2D eigenvalue weighted by atomic mass is 10.1. The zero-order valence-electron chi connectivity index (χ0n) is 17.4. The van der Waals surface area contributed by atoms with E-state index in [-0.39, 0.29) is 18.4 Å². The lowest BCUT2D eigenvalue weighted by Crippen LogP contribution is -2.26. The third kappa shape index (κ3) is 4.46. The molecule has 9 heteroatoms. The molecule has 0 bridgehead atoms. The Balaban J connectivity index is 1.61. The zero-order valence-corrected chi connectivity index (χ0v) is 18.2. The van der Waals surface area contributed by atoms with Gasteiger partial charge in [0, 0.05) is 37.2 Å². The Hall–Kier alpha value is -3.75. The van der Waals surface area contributed by atoms with Crippen molar-refractivity contribution >= 4 is 40.3 Å². The van der Waals surface area contributed by atoms with Crippen molar-refractivity contribution < 1.29 is 14.3 Å². The van der Waals surface area contributed by atoms with Crippen LogP contribution in [0.2, 0.25) is 5.15 Å². The van der Waals surface area contributed by atoms with E-state index in [1.807, 2.05) is 24.3 Å². The first-order valence-corrected chi connectivity index (χ1v) is 10.1. The van der Waals surface area contributed by atoms with Crippen LogP contribution < -0.4 is 10.2 Å². The minimum absolute atomic E-state index is 0.00681. The summed E-state index contributed by atoms with van der Waals surface area (Å²) in [5.41, 5.74) is 4.38. The smallest absolute Gasteiger partial charge is 0.258 e. The van der Waals surface area contributed by atoms with Gasteiger partial charge in [-0.1, -0.05) is 23.7 Å². The summed E-state index contributed by atoms with van der Waals surface area (Å²) < 4.78 is 6.54. The van der Waals surface area contributed by atoms with Gasteiger partial charge in [0.05, 0.1) is 23.6 Å². The summed E-state index contributed by atoms with van der Waals surface area (Å²) in [5.74, 6) is -0.403. The molecular weight excluding hydrogens is 430 g/mol. The number of hydrogen-bond donors (Lipinski definition) is 1. The first-order valence-electron chi connectivity index (χ1n) is 9.72. The van der Waals surface area contributed by atoms with E-state index < -0.39 is 0 Å². The van der Waals surface area contributed by atoms with Crippen LogP contribution in [0.1, 0.15) is 10.4 Å². The maximum atomic E-state index is 13.0. The number of halogens is 1. The van der Waals surface area contributed by atoms with Crippen molar-refractivity contribution in [2.75, 3.05) is 31.0 Å². The quantitative estimate of drug-likeness (QED) is 0.451. The molecule has 0 atom stereocenters. The van der Waals surface area contributed by atoms with Crippen molar-refractivity contribution in [2.45, 2.75) is 0 Å². The minimum Gasteiger partial charge on any atom is -0.375 e. The van der Waals surface area contributed by atoms with E-state index in [9.17, 15) is 9.59 Å². The van der Waals surface area contributed by atoms with Gasteiger partial charge >= 0.3 is 0 Å². The van der Waals surface area contributed by atoms with E-state index in [2.05, 4.69) is 15.4 Å². The second-order valence-electron chi connectivity index (χ2n) is 7.07. The van der Waals surface area contributed by atoms with Gasteiger partial charge in [-0.05, 0) is 42.0 Å². The highest BCUT2D eigenvalue weighted by atomic mass is 35.5. The number of nitrogens with zero attached hydrogens (tertiary/aromatic N) is 4. The molecule has 32 heavy (non-hydrogen) atoms. The highest BCUT2D eigenvalue weighted by Crippen LogP contribution is 2.27. The summed E-state index contributed by atoms with van der Waals surface area (Å²) in [5, 5.41) is 7.51. The van der Waals surface area contributed by atoms with Crippen LogP contribution >= 0.6 is 11.6 Å². The lowest BCUT2D eigenvalue weighted by molar-refractivity contribution is -0.119. The van der Waals surface area contributed by atoms with Crippen LogP contribution in [0.3, 0.4) is 0 Å². The number of carbonyl (C=O) groups excluding carboxylic acids is 2. The van der Waals surface area contributed by atoms with Crippen LogP contribution in [0.25, 0.3) is 16.6 Å². The number of methoxy groups -OCH3 is 1. The molecule has 0 aliphatic rings. The van der Waals surface area contributed by atoms with Gasteiger partial charge < -0.3 is 15.0 Å². The number of anilines is 2. The fraction of sp³-hybridized carbons (Fsp3) is 0.130. The second-order valence-corrected chi connectivity index (χ2v) is 7.45. The molecule has 4 aromatic rings. The molecular formula is C23H20ClN5O3. The largest absolute Gasteiger partial charge is 0.375 e. The van der Waals surface area contributed by atoms with E-state index in [0.29, 0.717) is 22.1 Å². The molecule has 0 spiro atoms. The third-order valence-corrected chi connectivity index (χ3v) is 5.15. The van der Waals surface area contributed by atoms with Gasteiger partial charge in [0.1, 0.15) is 11.8 Å². The maximum Gasteiger partial charge on any atom is 0.258 e. The fourth-order valence-corrected chi connectivity index (χ4v) is 3.39. The van der Waals surface area contributed by atoms with E-state index in [4.69, 9.17) is 16.3 Å². The average molecular weight is 450 g/mol. The molecule has 0 fully saturated rings. The summed E-state index contributed by atoms with van der Waals surface area (Å²) in [4.78, 5) is 30.3. The second kappa shape index (κ2) is 9.17. The Kier molecular flexibility index (Phi) is 6.16. The maximum absolute atomic E-state index is 13.0. The van der Waals surface area contributed by atoms with Crippen molar-refractivity contribution in [1.29, 1.82) is 0 Å². The molecule has 1 aromatic carbocycles. The first kappa shape index (κ1) is 21.5. The number of benzene rings is 1. The number of rotatable bonds is 6. The van der Waals surface area contributed by atoms with Gasteiger partial charge in [-0.25, -0.2) is 9.50 Å². The normalized spacial score (nSPS) is 10.8. The monoisotopic (exact) mass is 449 g/mol. The summed E-state index contributed by atoms with van der Waals surface area (Å²) >= 11 is 5.84. The molecule has 162 valence electrons. The van der Waals surface area contributed by atoms with E-state index in [1.54, 1.807) is 54.4 Å². The first-order chi connectivity index (χ1) is 15.5. The molecule has 0 radical (unpaired) electrons. The number of nitrogens with one attached hydrogen (secondary N) is 1. The molecule has 4 rings (SSSR count). The van der Waals surface area contributed by atoms with Crippen molar-refractivity contribution in [3.05, 3.63) is 77.8 Å².